The molecule has 1 aromatic rings. The fourth-order valence-corrected chi connectivity index (χ4v) is 1.93. The van der Waals surface area contributed by atoms with Crippen molar-refractivity contribution < 1.29 is 17.8 Å². The number of carbonyl (C=O) groups excluding carboxylic acids is 1. The fraction of sp³-hybridized carbons (Fsp3) is 0.308. The maximum absolute atomic E-state index is 11.9. The molecule has 0 aliphatic rings. The molecule has 1 atom stereocenters. The lowest BCUT2D eigenvalue weighted by molar-refractivity contribution is -0.118. The lowest BCUT2D eigenvalue weighted by atomic mass is 10.00. The van der Waals surface area contributed by atoms with Gasteiger partial charge in [0.1, 0.15) is 0 Å². The van der Waals surface area contributed by atoms with E-state index >= 15 is 0 Å². The van der Waals surface area contributed by atoms with Crippen molar-refractivity contribution in [1.82, 2.24) is 0 Å². The van der Waals surface area contributed by atoms with E-state index in [2.05, 4.69) is 11.9 Å². The molecule has 0 spiro atoms. The number of benzene rings is 1. The van der Waals surface area contributed by atoms with Gasteiger partial charge in [-0.05, 0) is 37.6 Å². The number of amides is 1. The second-order valence-electron chi connectivity index (χ2n) is 4.22. The first-order valence-electron chi connectivity index (χ1n) is 5.81. The van der Waals surface area contributed by atoms with Gasteiger partial charge in [0.25, 0.3) is 10.1 Å². The first-order valence-corrected chi connectivity index (χ1v) is 7.25. The number of carbonyl (C=O) groups is 1. The van der Waals surface area contributed by atoms with Gasteiger partial charge in [0, 0.05) is 5.69 Å². The molecule has 6 heteroatoms. The molecule has 2 N–H and O–H groups in total. The second kappa shape index (κ2) is 5.99. The summed E-state index contributed by atoms with van der Waals surface area (Å²) in [6, 6.07) is 5.29. The summed E-state index contributed by atoms with van der Waals surface area (Å²) in [5.74, 6) is -0.516. The van der Waals surface area contributed by atoms with Crippen molar-refractivity contribution in [2.24, 2.45) is 5.92 Å². The van der Waals surface area contributed by atoms with Crippen LogP contribution < -0.4 is 5.32 Å². The van der Waals surface area contributed by atoms with Crippen LogP contribution in [0.3, 0.4) is 0 Å². The Morgan fingerprint density at radius 1 is 1.37 bits per heavy atom. The molecule has 0 aromatic heterocycles. The van der Waals surface area contributed by atoms with Crippen LogP contribution in [-0.2, 0) is 14.9 Å². The minimum absolute atomic E-state index is 0.202. The maximum atomic E-state index is 11.9. The van der Waals surface area contributed by atoms with Gasteiger partial charge in [-0.3, -0.25) is 9.35 Å². The Labute approximate surface area is 113 Å². The van der Waals surface area contributed by atoms with Crippen LogP contribution in [-0.4, -0.2) is 18.9 Å². The van der Waals surface area contributed by atoms with Crippen molar-refractivity contribution in [2.45, 2.75) is 25.2 Å². The largest absolute Gasteiger partial charge is 0.326 e. The molecule has 0 bridgehead atoms. The van der Waals surface area contributed by atoms with Gasteiger partial charge in [-0.25, -0.2) is 0 Å². The molecule has 1 rings (SSSR count). The fourth-order valence-electron chi connectivity index (χ4n) is 1.45. The average molecular weight is 283 g/mol. The third-order valence-corrected chi connectivity index (χ3v) is 3.75. The Morgan fingerprint density at radius 2 is 1.89 bits per heavy atom. The molecule has 0 saturated carbocycles. The van der Waals surface area contributed by atoms with E-state index in [1.54, 1.807) is 6.92 Å². The Morgan fingerprint density at radius 3 is 2.32 bits per heavy atom. The van der Waals surface area contributed by atoms with Gasteiger partial charge in [0.15, 0.2) is 0 Å². The second-order valence-corrected chi connectivity index (χ2v) is 5.64. The van der Waals surface area contributed by atoms with Gasteiger partial charge in [-0.2, -0.15) is 8.42 Å². The predicted molar refractivity (Wildman–Crippen MR) is 73.5 cm³/mol. The summed E-state index contributed by atoms with van der Waals surface area (Å²) in [4.78, 5) is 11.6. The van der Waals surface area contributed by atoms with E-state index in [4.69, 9.17) is 4.55 Å². The van der Waals surface area contributed by atoms with Gasteiger partial charge < -0.3 is 5.32 Å². The van der Waals surface area contributed by atoms with Crippen LogP contribution in [0.4, 0.5) is 5.69 Å². The SMILES string of the molecule is C=C(CC)C(C)C(=O)Nc1ccc(S(=O)(=O)O)cc1. The molecule has 19 heavy (non-hydrogen) atoms. The lowest BCUT2D eigenvalue weighted by Gasteiger charge is -2.13. The lowest BCUT2D eigenvalue weighted by Crippen LogP contribution is -2.21. The minimum atomic E-state index is -4.21. The van der Waals surface area contributed by atoms with E-state index in [0.717, 1.165) is 12.0 Å². The normalized spacial score (nSPS) is 12.8. The quantitative estimate of drug-likeness (QED) is 0.642. The van der Waals surface area contributed by atoms with Crippen LogP contribution in [0.25, 0.3) is 0 Å². The molecule has 1 amide bonds. The molecule has 5 nitrogen and oxygen atoms in total. The molecule has 104 valence electrons. The summed E-state index contributed by atoms with van der Waals surface area (Å²) in [7, 11) is -4.21. The van der Waals surface area contributed by atoms with Gasteiger partial charge in [0.2, 0.25) is 5.91 Å². The van der Waals surface area contributed by atoms with E-state index in [1.165, 1.54) is 24.3 Å². The van der Waals surface area contributed by atoms with Crippen LogP contribution in [0.5, 0.6) is 0 Å². The van der Waals surface area contributed by atoms with Crippen molar-refractivity contribution >= 4 is 21.7 Å². The Balaban J connectivity index is 2.79. The van der Waals surface area contributed by atoms with Crippen LogP contribution in [0.1, 0.15) is 20.3 Å². The molecular weight excluding hydrogens is 266 g/mol. The number of nitrogens with one attached hydrogen (secondary N) is 1. The zero-order valence-corrected chi connectivity index (χ0v) is 11.7. The van der Waals surface area contributed by atoms with E-state index in [9.17, 15) is 13.2 Å². The Bertz CT molecular complexity index is 575. The highest BCUT2D eigenvalue weighted by atomic mass is 32.2. The summed E-state index contributed by atoms with van der Waals surface area (Å²) in [6.45, 7) is 7.49. The highest BCUT2D eigenvalue weighted by Crippen LogP contribution is 2.17. The maximum Gasteiger partial charge on any atom is 0.294 e. The molecule has 1 aromatic carbocycles. The smallest absolute Gasteiger partial charge is 0.294 e. The van der Waals surface area contributed by atoms with Crippen molar-refractivity contribution in [3.05, 3.63) is 36.4 Å². The molecule has 0 aliphatic carbocycles. The summed E-state index contributed by atoms with van der Waals surface area (Å²) < 4.78 is 30.5. The van der Waals surface area contributed by atoms with Gasteiger partial charge in [-0.15, -0.1) is 0 Å². The van der Waals surface area contributed by atoms with Gasteiger partial charge >= 0.3 is 0 Å². The van der Waals surface area contributed by atoms with Crippen LogP contribution >= 0.6 is 0 Å². The summed E-state index contributed by atoms with van der Waals surface area (Å²) in [6.07, 6.45) is 0.719. The van der Waals surface area contributed by atoms with Crippen LogP contribution in [0, 0.1) is 5.92 Å². The van der Waals surface area contributed by atoms with Crippen LogP contribution in [0.15, 0.2) is 41.3 Å². The van der Waals surface area contributed by atoms with E-state index in [0.29, 0.717) is 5.69 Å². The average Bonchev–Trinajstić information content (AvgIpc) is 2.36. The first kappa shape index (κ1) is 15.4. The third kappa shape index (κ3) is 4.18. The van der Waals surface area contributed by atoms with Crippen LogP contribution in [0.2, 0.25) is 0 Å². The number of hydrogen-bond acceptors (Lipinski definition) is 3. The van der Waals surface area contributed by atoms with Crippen molar-refractivity contribution in [2.75, 3.05) is 5.32 Å². The van der Waals surface area contributed by atoms with E-state index < -0.39 is 10.1 Å². The first-order chi connectivity index (χ1) is 8.75. The zero-order valence-electron chi connectivity index (χ0n) is 10.9. The molecule has 0 fully saturated rings. The van der Waals surface area contributed by atoms with Gasteiger partial charge in [-0.1, -0.05) is 19.1 Å². The zero-order chi connectivity index (χ0) is 14.6. The van der Waals surface area contributed by atoms with E-state index in [1.807, 2.05) is 6.92 Å². The molecular formula is C13H17NO4S. The van der Waals surface area contributed by atoms with Crippen molar-refractivity contribution in [3.8, 4) is 0 Å². The Kier molecular flexibility index (Phi) is 4.85. The third-order valence-electron chi connectivity index (χ3n) is 2.88. The van der Waals surface area contributed by atoms with Crippen molar-refractivity contribution in [1.29, 1.82) is 0 Å². The summed E-state index contributed by atoms with van der Waals surface area (Å²) >= 11 is 0. The number of rotatable bonds is 5. The molecule has 0 aliphatic heterocycles. The Hall–Kier alpha value is -1.66. The molecule has 0 radical (unpaired) electrons. The topological polar surface area (TPSA) is 83.5 Å². The summed E-state index contributed by atoms with van der Waals surface area (Å²) in [5.41, 5.74) is 1.29. The minimum Gasteiger partial charge on any atom is -0.326 e. The van der Waals surface area contributed by atoms with Crippen molar-refractivity contribution in [3.63, 3.8) is 0 Å². The standard InChI is InChI=1S/C13H17NO4S/c1-4-9(2)10(3)13(15)14-11-5-7-12(8-6-11)19(16,17)18/h5-8,10H,2,4H2,1,3H3,(H,14,15)(H,16,17,18). The highest BCUT2D eigenvalue weighted by molar-refractivity contribution is 7.85. The predicted octanol–water partition coefficient (Wildman–Crippen LogP) is 2.47. The van der Waals surface area contributed by atoms with E-state index in [-0.39, 0.29) is 16.7 Å². The number of anilines is 1. The monoisotopic (exact) mass is 283 g/mol. The summed E-state index contributed by atoms with van der Waals surface area (Å²) in [5, 5.41) is 2.66. The highest BCUT2D eigenvalue weighted by Gasteiger charge is 2.15. The number of hydrogen-bond donors (Lipinski definition) is 2. The molecule has 1 unspecified atom stereocenters. The van der Waals surface area contributed by atoms with Gasteiger partial charge in [0.05, 0.1) is 10.8 Å². The molecule has 0 heterocycles. The molecule has 0 saturated heterocycles.